The van der Waals surface area contributed by atoms with Crippen molar-refractivity contribution in [2.75, 3.05) is 6.61 Å². The van der Waals surface area contributed by atoms with Crippen LogP contribution < -0.4 is 4.74 Å². The maximum Gasteiger partial charge on any atom is 0.170 e. The van der Waals surface area contributed by atoms with Crippen LogP contribution in [0.1, 0.15) is 18.2 Å². The molecule has 0 aliphatic carbocycles. The van der Waals surface area contributed by atoms with Crippen molar-refractivity contribution < 1.29 is 9.26 Å². The van der Waals surface area contributed by atoms with Crippen molar-refractivity contribution in [3.63, 3.8) is 0 Å². The van der Waals surface area contributed by atoms with Crippen LogP contribution in [-0.2, 0) is 6.42 Å². The molecule has 2 aromatic carbocycles. The monoisotopic (exact) mass is 279 g/mol. The van der Waals surface area contributed by atoms with Gasteiger partial charge in [-0.15, -0.1) is 0 Å². The van der Waals surface area contributed by atoms with Crippen LogP contribution in [0.15, 0.2) is 65.2 Å². The Morgan fingerprint density at radius 3 is 2.76 bits per heavy atom. The molecule has 0 aliphatic heterocycles. The molecule has 3 heteroatoms. The SMILES string of the molecule is C=C(C)COc1ccc2c(Cc3ccccc3)noc2c1. The van der Waals surface area contributed by atoms with Gasteiger partial charge in [0.25, 0.3) is 0 Å². The van der Waals surface area contributed by atoms with Crippen LogP contribution in [-0.4, -0.2) is 11.8 Å². The maximum absolute atomic E-state index is 5.62. The summed E-state index contributed by atoms with van der Waals surface area (Å²) in [6, 6.07) is 16.1. The number of aromatic nitrogens is 1. The Balaban J connectivity index is 1.84. The van der Waals surface area contributed by atoms with E-state index in [1.54, 1.807) is 0 Å². The quantitative estimate of drug-likeness (QED) is 0.650. The molecule has 0 fully saturated rings. The number of fused-ring (bicyclic) bond motifs is 1. The van der Waals surface area contributed by atoms with Gasteiger partial charge < -0.3 is 9.26 Å². The molecule has 3 aromatic rings. The maximum atomic E-state index is 5.62. The molecule has 0 spiro atoms. The minimum atomic E-state index is 0.510. The first-order valence-corrected chi connectivity index (χ1v) is 6.92. The number of benzene rings is 2. The summed E-state index contributed by atoms with van der Waals surface area (Å²) in [5.74, 6) is 0.771. The van der Waals surface area contributed by atoms with Gasteiger partial charge in [0.1, 0.15) is 12.4 Å². The lowest BCUT2D eigenvalue weighted by atomic mass is 10.1. The fraction of sp³-hybridized carbons (Fsp3) is 0.167. The first-order valence-electron chi connectivity index (χ1n) is 6.92. The molecule has 0 amide bonds. The van der Waals surface area contributed by atoms with Crippen molar-refractivity contribution in [2.45, 2.75) is 13.3 Å². The summed E-state index contributed by atoms with van der Waals surface area (Å²) in [5.41, 5.74) is 3.90. The predicted octanol–water partition coefficient (Wildman–Crippen LogP) is 4.37. The summed E-state index contributed by atoms with van der Waals surface area (Å²) in [6.07, 6.45) is 0.764. The van der Waals surface area contributed by atoms with E-state index < -0.39 is 0 Å². The van der Waals surface area contributed by atoms with Gasteiger partial charge in [-0.1, -0.05) is 42.1 Å². The fourth-order valence-corrected chi connectivity index (χ4v) is 2.18. The lowest BCUT2D eigenvalue weighted by Crippen LogP contribution is -1.97. The molecule has 21 heavy (non-hydrogen) atoms. The second-order valence-electron chi connectivity index (χ2n) is 5.20. The van der Waals surface area contributed by atoms with E-state index in [2.05, 4.69) is 23.9 Å². The number of rotatable bonds is 5. The molecule has 0 radical (unpaired) electrons. The molecule has 0 saturated heterocycles. The van der Waals surface area contributed by atoms with Gasteiger partial charge in [0.05, 0.1) is 5.69 Å². The summed E-state index contributed by atoms with van der Waals surface area (Å²) in [5, 5.41) is 5.21. The van der Waals surface area contributed by atoms with E-state index in [0.717, 1.165) is 34.4 Å². The molecule has 0 unspecified atom stereocenters. The van der Waals surface area contributed by atoms with Gasteiger partial charge in [-0.3, -0.25) is 0 Å². The van der Waals surface area contributed by atoms with Crippen LogP contribution in [0, 0.1) is 0 Å². The molecule has 0 aliphatic rings. The normalized spacial score (nSPS) is 10.7. The second kappa shape index (κ2) is 5.83. The number of ether oxygens (including phenoxy) is 1. The first kappa shape index (κ1) is 13.4. The third-order valence-corrected chi connectivity index (χ3v) is 3.22. The van der Waals surface area contributed by atoms with Crippen molar-refractivity contribution >= 4 is 11.0 Å². The van der Waals surface area contributed by atoms with Gasteiger partial charge in [0, 0.05) is 17.9 Å². The molecular weight excluding hydrogens is 262 g/mol. The number of hydrogen-bond donors (Lipinski definition) is 0. The molecule has 0 saturated carbocycles. The standard InChI is InChI=1S/C18H17NO2/c1-13(2)12-20-15-8-9-16-17(19-21-18(16)11-15)10-14-6-4-3-5-7-14/h3-9,11H,1,10,12H2,2H3. The van der Waals surface area contributed by atoms with E-state index in [1.807, 2.05) is 43.3 Å². The Morgan fingerprint density at radius 1 is 1.19 bits per heavy atom. The van der Waals surface area contributed by atoms with Gasteiger partial charge in [0.15, 0.2) is 5.58 Å². The first-order chi connectivity index (χ1) is 10.2. The van der Waals surface area contributed by atoms with E-state index >= 15 is 0 Å². The van der Waals surface area contributed by atoms with E-state index in [9.17, 15) is 0 Å². The fourth-order valence-electron chi connectivity index (χ4n) is 2.18. The van der Waals surface area contributed by atoms with Gasteiger partial charge >= 0.3 is 0 Å². The molecule has 3 nitrogen and oxygen atoms in total. The van der Waals surface area contributed by atoms with Crippen molar-refractivity contribution in [2.24, 2.45) is 0 Å². The Morgan fingerprint density at radius 2 is 2.00 bits per heavy atom. The van der Waals surface area contributed by atoms with Crippen molar-refractivity contribution in [3.05, 3.63) is 71.9 Å². The Labute approximate surface area is 123 Å². The van der Waals surface area contributed by atoms with Crippen molar-refractivity contribution in [1.82, 2.24) is 5.16 Å². The molecule has 0 atom stereocenters. The summed E-state index contributed by atoms with van der Waals surface area (Å²) in [6.45, 7) is 6.27. The average molecular weight is 279 g/mol. The van der Waals surface area contributed by atoms with E-state index in [-0.39, 0.29) is 0 Å². The topological polar surface area (TPSA) is 35.3 Å². The zero-order valence-electron chi connectivity index (χ0n) is 12.0. The Kier molecular flexibility index (Phi) is 3.73. The molecule has 106 valence electrons. The van der Waals surface area contributed by atoms with Gasteiger partial charge in [0.2, 0.25) is 0 Å². The molecule has 1 heterocycles. The van der Waals surface area contributed by atoms with E-state index in [4.69, 9.17) is 9.26 Å². The molecule has 0 N–H and O–H groups in total. The Hall–Kier alpha value is -2.55. The largest absolute Gasteiger partial charge is 0.489 e. The summed E-state index contributed by atoms with van der Waals surface area (Å²) < 4.78 is 11.0. The summed E-state index contributed by atoms with van der Waals surface area (Å²) >= 11 is 0. The third kappa shape index (κ3) is 3.14. The second-order valence-corrected chi connectivity index (χ2v) is 5.20. The molecular formula is C18H17NO2. The summed E-state index contributed by atoms with van der Waals surface area (Å²) in [4.78, 5) is 0. The van der Waals surface area contributed by atoms with E-state index in [1.165, 1.54) is 5.56 Å². The van der Waals surface area contributed by atoms with Crippen LogP contribution in [0.3, 0.4) is 0 Å². The number of nitrogens with zero attached hydrogens (tertiary/aromatic N) is 1. The zero-order chi connectivity index (χ0) is 14.7. The molecule has 1 aromatic heterocycles. The van der Waals surface area contributed by atoms with Gasteiger partial charge in [-0.05, 0) is 30.2 Å². The predicted molar refractivity (Wildman–Crippen MR) is 83.6 cm³/mol. The lowest BCUT2D eigenvalue weighted by Gasteiger charge is -2.04. The van der Waals surface area contributed by atoms with Crippen LogP contribution in [0.25, 0.3) is 11.0 Å². The minimum Gasteiger partial charge on any atom is -0.489 e. The minimum absolute atomic E-state index is 0.510. The zero-order valence-corrected chi connectivity index (χ0v) is 12.0. The van der Waals surface area contributed by atoms with Crippen LogP contribution in [0.5, 0.6) is 5.75 Å². The molecule has 3 rings (SSSR count). The van der Waals surface area contributed by atoms with Crippen molar-refractivity contribution in [3.8, 4) is 5.75 Å². The van der Waals surface area contributed by atoms with E-state index in [0.29, 0.717) is 6.61 Å². The highest BCUT2D eigenvalue weighted by Gasteiger charge is 2.10. The van der Waals surface area contributed by atoms with Crippen LogP contribution in [0.2, 0.25) is 0 Å². The van der Waals surface area contributed by atoms with Gasteiger partial charge in [-0.25, -0.2) is 0 Å². The third-order valence-electron chi connectivity index (χ3n) is 3.22. The number of hydrogen-bond acceptors (Lipinski definition) is 3. The highest BCUT2D eigenvalue weighted by Crippen LogP contribution is 2.25. The summed E-state index contributed by atoms with van der Waals surface area (Å²) in [7, 11) is 0. The highest BCUT2D eigenvalue weighted by molar-refractivity contribution is 5.81. The van der Waals surface area contributed by atoms with Gasteiger partial charge in [-0.2, -0.15) is 0 Å². The highest BCUT2D eigenvalue weighted by atomic mass is 16.5. The van der Waals surface area contributed by atoms with Crippen LogP contribution >= 0.6 is 0 Å². The average Bonchev–Trinajstić information content (AvgIpc) is 2.89. The smallest absolute Gasteiger partial charge is 0.170 e. The lowest BCUT2D eigenvalue weighted by molar-refractivity contribution is 0.352. The Bertz CT molecular complexity index is 759. The molecule has 0 bridgehead atoms. The van der Waals surface area contributed by atoms with Crippen molar-refractivity contribution in [1.29, 1.82) is 0 Å². The van der Waals surface area contributed by atoms with Crippen LogP contribution in [0.4, 0.5) is 0 Å².